The molecule has 1 aliphatic rings. The number of benzene rings is 1. The fourth-order valence-corrected chi connectivity index (χ4v) is 2.69. The van der Waals surface area contributed by atoms with E-state index in [-0.39, 0.29) is 34.9 Å². The molecule has 0 unspecified atom stereocenters. The van der Waals surface area contributed by atoms with Crippen LogP contribution in [0.1, 0.15) is 30.3 Å². The average Bonchev–Trinajstić information content (AvgIpc) is 3.33. The SMILES string of the molecule is CCOC(=O)c1cc(=O)c2cc(F)c(N(C)C)c(F)c2n1NC1CC1. The van der Waals surface area contributed by atoms with Crippen molar-refractivity contribution in [1.82, 2.24) is 4.68 Å². The first-order chi connectivity index (χ1) is 11.8. The van der Waals surface area contributed by atoms with Crippen molar-refractivity contribution in [3.05, 3.63) is 39.7 Å². The summed E-state index contributed by atoms with van der Waals surface area (Å²) in [5.74, 6) is -2.49. The van der Waals surface area contributed by atoms with Crippen LogP contribution in [0.4, 0.5) is 14.5 Å². The lowest BCUT2D eigenvalue weighted by Crippen LogP contribution is -2.29. The van der Waals surface area contributed by atoms with Crippen LogP contribution in [0.2, 0.25) is 0 Å². The van der Waals surface area contributed by atoms with Gasteiger partial charge in [-0.3, -0.25) is 4.79 Å². The lowest BCUT2D eigenvalue weighted by Gasteiger charge is -2.21. The van der Waals surface area contributed by atoms with Crippen molar-refractivity contribution < 1.29 is 18.3 Å². The second-order valence-corrected chi connectivity index (χ2v) is 6.16. The van der Waals surface area contributed by atoms with Crippen LogP contribution in [0.3, 0.4) is 0 Å². The molecule has 1 aromatic heterocycles. The highest BCUT2D eigenvalue weighted by Gasteiger charge is 2.28. The van der Waals surface area contributed by atoms with Crippen molar-refractivity contribution >= 4 is 22.6 Å². The van der Waals surface area contributed by atoms with E-state index in [2.05, 4.69) is 5.43 Å². The number of hydrogen-bond acceptors (Lipinski definition) is 5. The van der Waals surface area contributed by atoms with E-state index < -0.39 is 23.0 Å². The summed E-state index contributed by atoms with van der Waals surface area (Å²) < 4.78 is 35.5. The first-order valence-electron chi connectivity index (χ1n) is 8.03. The van der Waals surface area contributed by atoms with Gasteiger partial charge in [0, 0.05) is 26.2 Å². The second kappa shape index (κ2) is 6.34. The summed E-state index contributed by atoms with van der Waals surface area (Å²) in [4.78, 5) is 25.9. The van der Waals surface area contributed by atoms with Gasteiger partial charge in [0.1, 0.15) is 17.0 Å². The van der Waals surface area contributed by atoms with Gasteiger partial charge in [0.25, 0.3) is 0 Å². The Morgan fingerprint density at radius 1 is 1.36 bits per heavy atom. The molecule has 25 heavy (non-hydrogen) atoms. The zero-order valence-corrected chi connectivity index (χ0v) is 14.2. The third-order valence-corrected chi connectivity index (χ3v) is 3.99. The maximum Gasteiger partial charge on any atom is 0.357 e. The van der Waals surface area contributed by atoms with E-state index >= 15 is 4.39 Å². The van der Waals surface area contributed by atoms with E-state index in [9.17, 15) is 14.0 Å². The molecule has 134 valence electrons. The van der Waals surface area contributed by atoms with Crippen LogP contribution >= 0.6 is 0 Å². The van der Waals surface area contributed by atoms with Gasteiger partial charge in [-0.25, -0.2) is 18.3 Å². The standard InChI is InChI=1S/C17H19F2N3O3/c1-4-25-17(24)12-8-13(23)10-7-11(18)16(21(2)3)14(19)15(10)22(12)20-9-5-6-9/h7-9,20H,4-6H2,1-3H3. The largest absolute Gasteiger partial charge is 0.461 e. The van der Waals surface area contributed by atoms with Crippen LogP contribution in [-0.4, -0.2) is 37.4 Å². The molecule has 0 amide bonds. The number of carbonyl (C=O) groups is 1. The molecule has 1 N–H and O–H groups in total. The summed E-state index contributed by atoms with van der Waals surface area (Å²) in [7, 11) is 3.00. The predicted molar refractivity (Wildman–Crippen MR) is 90.8 cm³/mol. The molecule has 1 aromatic carbocycles. The number of halogens is 2. The minimum absolute atomic E-state index is 0.0612. The van der Waals surface area contributed by atoms with E-state index in [1.807, 2.05) is 0 Å². The molecule has 1 aliphatic carbocycles. The Hall–Kier alpha value is -2.64. The number of esters is 1. The normalized spacial score (nSPS) is 13.8. The van der Waals surface area contributed by atoms with Crippen LogP contribution < -0.4 is 15.8 Å². The molecular formula is C17H19F2N3O3. The molecule has 0 radical (unpaired) electrons. The maximum absolute atomic E-state index is 15.1. The fraction of sp³-hybridized carbons (Fsp3) is 0.412. The zero-order valence-electron chi connectivity index (χ0n) is 14.2. The van der Waals surface area contributed by atoms with E-state index in [1.165, 1.54) is 23.7 Å². The number of nitrogens with zero attached hydrogens (tertiary/aromatic N) is 2. The molecule has 0 atom stereocenters. The molecule has 1 saturated carbocycles. The highest BCUT2D eigenvalue weighted by molar-refractivity contribution is 5.93. The molecule has 0 bridgehead atoms. The van der Waals surface area contributed by atoms with Gasteiger partial charge in [0.05, 0.1) is 12.0 Å². The Morgan fingerprint density at radius 3 is 2.60 bits per heavy atom. The molecule has 1 heterocycles. The van der Waals surface area contributed by atoms with Gasteiger partial charge in [-0.05, 0) is 25.8 Å². The number of rotatable bonds is 5. The smallest absolute Gasteiger partial charge is 0.357 e. The summed E-state index contributed by atoms with van der Waals surface area (Å²) >= 11 is 0. The zero-order chi connectivity index (χ0) is 18.3. The van der Waals surface area contributed by atoms with Crippen LogP contribution in [0.5, 0.6) is 0 Å². The second-order valence-electron chi connectivity index (χ2n) is 6.16. The molecule has 3 rings (SSSR count). The summed E-state index contributed by atoms with van der Waals surface area (Å²) in [5.41, 5.74) is 1.83. The lowest BCUT2D eigenvalue weighted by atomic mass is 10.1. The third-order valence-electron chi connectivity index (χ3n) is 3.99. The van der Waals surface area contributed by atoms with Crippen molar-refractivity contribution in [3.63, 3.8) is 0 Å². The van der Waals surface area contributed by atoms with Crippen molar-refractivity contribution in [2.45, 2.75) is 25.8 Å². The Bertz CT molecular complexity index is 904. The quantitative estimate of drug-likeness (QED) is 0.837. The van der Waals surface area contributed by atoms with Gasteiger partial charge in [-0.15, -0.1) is 0 Å². The molecule has 0 aliphatic heterocycles. The topological polar surface area (TPSA) is 63.6 Å². The van der Waals surface area contributed by atoms with Crippen LogP contribution in [0, 0.1) is 11.6 Å². The predicted octanol–water partition coefficient (Wildman–Crippen LogP) is 2.23. The van der Waals surface area contributed by atoms with Crippen molar-refractivity contribution in [2.24, 2.45) is 0 Å². The van der Waals surface area contributed by atoms with Gasteiger partial charge in [0.15, 0.2) is 16.9 Å². The Morgan fingerprint density at radius 2 is 2.04 bits per heavy atom. The molecule has 2 aromatic rings. The minimum atomic E-state index is -0.906. The van der Waals surface area contributed by atoms with Crippen molar-refractivity contribution in [1.29, 1.82) is 0 Å². The van der Waals surface area contributed by atoms with Gasteiger partial charge in [-0.1, -0.05) is 0 Å². The average molecular weight is 351 g/mol. The summed E-state index contributed by atoms with van der Waals surface area (Å²) in [5, 5.41) is -0.137. The molecule has 6 nitrogen and oxygen atoms in total. The Balaban J connectivity index is 2.37. The van der Waals surface area contributed by atoms with Crippen molar-refractivity contribution in [3.8, 4) is 0 Å². The van der Waals surface area contributed by atoms with Crippen LogP contribution in [0.15, 0.2) is 16.9 Å². The number of anilines is 1. The third kappa shape index (κ3) is 3.04. The number of ether oxygens (including phenoxy) is 1. The monoisotopic (exact) mass is 351 g/mol. The van der Waals surface area contributed by atoms with E-state index in [0.29, 0.717) is 0 Å². The molecular weight excluding hydrogens is 332 g/mol. The van der Waals surface area contributed by atoms with Gasteiger partial charge < -0.3 is 15.1 Å². The van der Waals surface area contributed by atoms with Crippen LogP contribution in [0.25, 0.3) is 10.9 Å². The van der Waals surface area contributed by atoms with Crippen LogP contribution in [-0.2, 0) is 4.74 Å². The van der Waals surface area contributed by atoms with E-state index in [4.69, 9.17) is 4.74 Å². The number of carbonyl (C=O) groups excluding carboxylic acids is 1. The van der Waals surface area contributed by atoms with Gasteiger partial charge in [0.2, 0.25) is 0 Å². The molecule has 1 fully saturated rings. The van der Waals surface area contributed by atoms with Crippen molar-refractivity contribution in [2.75, 3.05) is 31.0 Å². The highest BCUT2D eigenvalue weighted by Crippen LogP contribution is 2.30. The van der Waals surface area contributed by atoms with E-state index in [1.54, 1.807) is 6.92 Å². The lowest BCUT2D eigenvalue weighted by molar-refractivity contribution is 0.0515. The number of nitrogens with one attached hydrogen (secondary N) is 1. The number of pyridine rings is 1. The highest BCUT2D eigenvalue weighted by atomic mass is 19.1. The number of aromatic nitrogens is 1. The Labute approximate surface area is 143 Å². The Kier molecular flexibility index (Phi) is 4.36. The first kappa shape index (κ1) is 17.2. The molecule has 8 heteroatoms. The summed E-state index contributed by atoms with van der Waals surface area (Å²) in [6.45, 7) is 1.75. The number of fused-ring (bicyclic) bond motifs is 1. The molecule has 0 saturated heterocycles. The maximum atomic E-state index is 15.1. The first-order valence-corrected chi connectivity index (χ1v) is 8.03. The van der Waals surface area contributed by atoms with Gasteiger partial charge >= 0.3 is 5.97 Å². The van der Waals surface area contributed by atoms with Gasteiger partial charge in [-0.2, -0.15) is 0 Å². The van der Waals surface area contributed by atoms with E-state index in [0.717, 1.165) is 25.0 Å². The summed E-state index contributed by atoms with van der Waals surface area (Å²) in [6, 6.07) is 2.10. The summed E-state index contributed by atoms with van der Waals surface area (Å²) in [6.07, 6.45) is 1.72. The number of hydrogen-bond donors (Lipinski definition) is 1. The fourth-order valence-electron chi connectivity index (χ4n) is 2.69. The minimum Gasteiger partial charge on any atom is -0.461 e. The molecule has 0 spiro atoms.